The van der Waals surface area contributed by atoms with E-state index in [9.17, 15) is 22.8 Å². The van der Waals surface area contributed by atoms with Crippen LogP contribution in [-0.2, 0) is 24.3 Å². The van der Waals surface area contributed by atoms with E-state index in [1.807, 2.05) is 30.3 Å². The van der Waals surface area contributed by atoms with Crippen molar-refractivity contribution in [3.63, 3.8) is 0 Å². The van der Waals surface area contributed by atoms with Crippen LogP contribution < -0.4 is 10.5 Å². The first-order valence-electron chi connectivity index (χ1n) is 9.64. The number of amides is 1. The minimum absolute atomic E-state index is 0.0796. The molecule has 1 aromatic heterocycles. The average molecular weight is 489 g/mol. The third-order valence-electron chi connectivity index (χ3n) is 4.34. The lowest BCUT2D eigenvalue weighted by Crippen LogP contribution is -2.22. The van der Waals surface area contributed by atoms with E-state index in [1.165, 1.54) is 18.2 Å². The molecule has 0 aliphatic heterocycles. The van der Waals surface area contributed by atoms with Crippen molar-refractivity contribution in [2.24, 2.45) is 5.14 Å². The van der Waals surface area contributed by atoms with Gasteiger partial charge in [-0.25, -0.2) is 23.1 Å². The molecule has 0 saturated heterocycles. The van der Waals surface area contributed by atoms with Gasteiger partial charge < -0.3 is 14.8 Å². The van der Waals surface area contributed by atoms with Gasteiger partial charge in [0.15, 0.2) is 6.61 Å². The summed E-state index contributed by atoms with van der Waals surface area (Å²) in [6, 6.07) is 14.1. The third-order valence-corrected chi connectivity index (χ3v) is 6.15. The molecule has 0 aliphatic carbocycles. The molecular weight excluding hydrogens is 468 g/mol. The fraction of sp³-hybridized carbons (Fsp3) is 0.136. The summed E-state index contributed by atoms with van der Waals surface area (Å²) in [6.07, 6.45) is 0. The lowest BCUT2D eigenvalue weighted by atomic mass is 10.0. The second-order valence-electron chi connectivity index (χ2n) is 6.64. The summed E-state index contributed by atoms with van der Waals surface area (Å²) in [5.41, 5.74) is 1.50. The van der Waals surface area contributed by atoms with Crippen molar-refractivity contribution in [3.05, 3.63) is 71.1 Å². The number of nitrogens with one attached hydrogen (secondary N) is 1. The molecule has 9 nitrogen and oxygen atoms in total. The number of thiophene rings is 1. The Morgan fingerprint density at radius 2 is 1.73 bits per heavy atom. The fourth-order valence-corrected chi connectivity index (χ4v) is 4.40. The van der Waals surface area contributed by atoms with Crippen molar-refractivity contribution >= 4 is 44.2 Å². The van der Waals surface area contributed by atoms with Crippen LogP contribution in [0.1, 0.15) is 27.6 Å². The van der Waals surface area contributed by atoms with Crippen molar-refractivity contribution in [2.45, 2.75) is 11.8 Å². The van der Waals surface area contributed by atoms with E-state index in [2.05, 4.69) is 5.32 Å². The zero-order valence-corrected chi connectivity index (χ0v) is 19.1. The number of benzene rings is 2. The molecule has 3 aromatic rings. The van der Waals surface area contributed by atoms with Crippen molar-refractivity contribution in [3.8, 4) is 11.1 Å². The van der Waals surface area contributed by atoms with Gasteiger partial charge in [-0.05, 0) is 30.7 Å². The summed E-state index contributed by atoms with van der Waals surface area (Å²) < 4.78 is 33.0. The molecule has 1 heterocycles. The highest BCUT2D eigenvalue weighted by Gasteiger charge is 2.23. The first kappa shape index (κ1) is 24.1. The molecule has 0 aliphatic rings. The minimum atomic E-state index is -4.00. The Morgan fingerprint density at radius 3 is 2.39 bits per heavy atom. The lowest BCUT2D eigenvalue weighted by Gasteiger charge is -2.09. The first-order valence-corrected chi connectivity index (χ1v) is 12.1. The van der Waals surface area contributed by atoms with Gasteiger partial charge in [0.25, 0.3) is 5.91 Å². The molecule has 11 heteroatoms. The van der Waals surface area contributed by atoms with Crippen LogP contribution >= 0.6 is 11.3 Å². The molecule has 0 unspecified atom stereocenters. The topological polar surface area (TPSA) is 142 Å². The number of nitrogens with two attached hydrogens (primary N) is 1. The molecule has 3 N–H and O–H groups in total. The highest BCUT2D eigenvalue weighted by atomic mass is 32.2. The van der Waals surface area contributed by atoms with Crippen LogP contribution in [0.15, 0.2) is 64.9 Å². The summed E-state index contributed by atoms with van der Waals surface area (Å²) >= 11 is 1.14. The summed E-state index contributed by atoms with van der Waals surface area (Å²) in [5, 5.41) is 9.60. The standard InChI is InChI=1S/C22H20N2O7S2/c1-2-30-22(27)19-17(14-7-4-3-5-8-14)13-32-20(19)24-18(25)12-31-21(26)15-9-6-10-16(11-15)33(23,28)29/h3-11,13H,2,12H2,1H3,(H,24,25)(H2,23,28,29). The van der Waals surface area contributed by atoms with Crippen LogP contribution in [-0.4, -0.2) is 39.5 Å². The van der Waals surface area contributed by atoms with Crippen LogP contribution in [0, 0.1) is 0 Å². The van der Waals surface area contributed by atoms with E-state index < -0.39 is 34.5 Å². The lowest BCUT2D eigenvalue weighted by molar-refractivity contribution is -0.119. The molecule has 3 rings (SSSR count). The molecule has 172 valence electrons. The molecule has 0 bridgehead atoms. The Bertz CT molecular complexity index is 1290. The van der Waals surface area contributed by atoms with Gasteiger partial charge in [0.05, 0.1) is 17.1 Å². The van der Waals surface area contributed by atoms with E-state index in [-0.39, 0.29) is 27.6 Å². The predicted octanol–water partition coefficient (Wildman–Crippen LogP) is 3.03. The monoisotopic (exact) mass is 488 g/mol. The maximum atomic E-state index is 12.6. The van der Waals surface area contributed by atoms with Crippen molar-refractivity contribution in [1.29, 1.82) is 0 Å². The number of esters is 2. The molecule has 0 fully saturated rings. The summed E-state index contributed by atoms with van der Waals surface area (Å²) in [4.78, 5) is 36.9. The van der Waals surface area contributed by atoms with E-state index in [0.29, 0.717) is 5.56 Å². The largest absolute Gasteiger partial charge is 0.462 e. The number of primary sulfonamides is 1. The summed E-state index contributed by atoms with van der Waals surface area (Å²) in [6.45, 7) is 1.18. The molecule has 0 atom stereocenters. The minimum Gasteiger partial charge on any atom is -0.462 e. The number of ether oxygens (including phenoxy) is 2. The van der Waals surface area contributed by atoms with Crippen LogP contribution in [0.3, 0.4) is 0 Å². The molecule has 2 aromatic carbocycles. The fourth-order valence-electron chi connectivity index (χ4n) is 2.86. The van der Waals surface area contributed by atoms with Crippen molar-refractivity contribution < 1.29 is 32.3 Å². The maximum Gasteiger partial charge on any atom is 0.341 e. The highest BCUT2D eigenvalue weighted by molar-refractivity contribution is 7.89. The molecule has 1 amide bonds. The Hall–Kier alpha value is -3.54. The zero-order valence-electron chi connectivity index (χ0n) is 17.4. The number of carbonyl (C=O) groups is 3. The van der Waals surface area contributed by atoms with Gasteiger partial charge >= 0.3 is 11.9 Å². The van der Waals surface area contributed by atoms with Gasteiger partial charge in [-0.15, -0.1) is 11.3 Å². The van der Waals surface area contributed by atoms with Crippen LogP contribution in [0.2, 0.25) is 0 Å². The number of sulfonamides is 1. The molecule has 0 spiro atoms. The summed E-state index contributed by atoms with van der Waals surface area (Å²) in [5.74, 6) is -2.18. The first-order chi connectivity index (χ1) is 15.7. The van der Waals surface area contributed by atoms with Crippen LogP contribution in [0.25, 0.3) is 11.1 Å². The molecule has 0 radical (unpaired) electrons. The zero-order chi connectivity index (χ0) is 24.0. The Labute approximate surface area is 194 Å². The predicted molar refractivity (Wildman–Crippen MR) is 122 cm³/mol. The van der Waals surface area contributed by atoms with Crippen molar-refractivity contribution in [1.82, 2.24) is 0 Å². The van der Waals surface area contributed by atoms with E-state index in [0.717, 1.165) is 23.0 Å². The summed E-state index contributed by atoms with van der Waals surface area (Å²) in [7, 11) is -4.00. The van der Waals surface area contributed by atoms with Gasteiger partial charge in [0, 0.05) is 10.9 Å². The number of rotatable bonds is 8. The van der Waals surface area contributed by atoms with E-state index >= 15 is 0 Å². The van der Waals surface area contributed by atoms with Gasteiger partial charge in [-0.1, -0.05) is 36.4 Å². The molecular formula is C22H20N2O7S2. The highest BCUT2D eigenvalue weighted by Crippen LogP contribution is 2.36. The number of hydrogen-bond donors (Lipinski definition) is 2. The SMILES string of the molecule is CCOC(=O)c1c(-c2ccccc2)csc1NC(=O)COC(=O)c1cccc(S(N)(=O)=O)c1. The molecule has 33 heavy (non-hydrogen) atoms. The third kappa shape index (κ3) is 6.04. The second-order valence-corrected chi connectivity index (χ2v) is 9.08. The Kier molecular flexibility index (Phi) is 7.59. The number of anilines is 1. The van der Waals surface area contributed by atoms with Gasteiger partial charge in [0.2, 0.25) is 10.0 Å². The quantitative estimate of drug-likeness (QED) is 0.464. The Balaban J connectivity index is 1.73. The van der Waals surface area contributed by atoms with E-state index in [4.69, 9.17) is 14.6 Å². The second kappa shape index (κ2) is 10.4. The normalized spacial score (nSPS) is 11.0. The van der Waals surface area contributed by atoms with E-state index in [1.54, 1.807) is 12.3 Å². The van der Waals surface area contributed by atoms with Crippen LogP contribution in [0.4, 0.5) is 5.00 Å². The molecule has 0 saturated carbocycles. The number of carbonyl (C=O) groups excluding carboxylic acids is 3. The van der Waals surface area contributed by atoms with Crippen molar-refractivity contribution in [2.75, 3.05) is 18.5 Å². The van der Waals surface area contributed by atoms with Gasteiger partial charge in [-0.2, -0.15) is 0 Å². The maximum absolute atomic E-state index is 12.6. The van der Waals surface area contributed by atoms with Gasteiger partial charge in [0.1, 0.15) is 10.6 Å². The Morgan fingerprint density at radius 1 is 1.00 bits per heavy atom. The smallest absolute Gasteiger partial charge is 0.341 e. The average Bonchev–Trinajstić information content (AvgIpc) is 3.21. The van der Waals surface area contributed by atoms with Gasteiger partial charge in [-0.3, -0.25) is 4.79 Å². The number of hydrogen-bond acceptors (Lipinski definition) is 8. The van der Waals surface area contributed by atoms with Crippen LogP contribution in [0.5, 0.6) is 0 Å².